The molecule has 0 bridgehead atoms. The fourth-order valence-electron chi connectivity index (χ4n) is 1.52. The van der Waals surface area contributed by atoms with E-state index >= 15 is 0 Å². The predicted octanol–water partition coefficient (Wildman–Crippen LogP) is 3.56. The quantitative estimate of drug-likeness (QED) is 0.903. The van der Waals surface area contributed by atoms with E-state index in [-0.39, 0.29) is 4.88 Å². The smallest absolute Gasteiger partial charge is 0.347 e. The molecule has 0 amide bonds. The van der Waals surface area contributed by atoms with Crippen LogP contribution in [0.5, 0.6) is 5.75 Å². The summed E-state index contributed by atoms with van der Waals surface area (Å²) in [5.74, 6) is -0.399. The monoisotopic (exact) mass is 298 g/mol. The number of methoxy groups -OCH3 is 1. The van der Waals surface area contributed by atoms with Gasteiger partial charge in [-0.3, -0.25) is 0 Å². The van der Waals surface area contributed by atoms with Gasteiger partial charge in [-0.15, -0.1) is 0 Å². The zero-order valence-corrected chi connectivity index (χ0v) is 11.8. The summed E-state index contributed by atoms with van der Waals surface area (Å²) >= 11 is 7.09. The molecule has 0 aliphatic carbocycles. The van der Waals surface area contributed by atoms with E-state index in [1.165, 1.54) is 7.11 Å². The summed E-state index contributed by atoms with van der Waals surface area (Å²) in [6.45, 7) is 1.66. The van der Waals surface area contributed by atoms with Crippen molar-refractivity contribution in [1.82, 2.24) is 4.98 Å². The lowest BCUT2D eigenvalue weighted by Gasteiger charge is -2.06. The van der Waals surface area contributed by atoms with Crippen LogP contribution < -0.4 is 10.1 Å². The second kappa shape index (κ2) is 5.46. The van der Waals surface area contributed by atoms with E-state index in [0.29, 0.717) is 21.6 Å². The molecule has 0 atom stereocenters. The zero-order chi connectivity index (χ0) is 14.0. The average Bonchev–Trinajstić information content (AvgIpc) is 2.70. The summed E-state index contributed by atoms with van der Waals surface area (Å²) in [4.78, 5) is 15.3. The molecule has 2 rings (SSSR count). The van der Waals surface area contributed by atoms with Gasteiger partial charge in [0, 0.05) is 5.69 Å². The second-order valence-electron chi connectivity index (χ2n) is 3.71. The highest BCUT2D eigenvalue weighted by molar-refractivity contribution is 7.17. The number of rotatable bonds is 4. The second-order valence-corrected chi connectivity index (χ2v) is 5.12. The molecule has 7 heteroatoms. The SMILES string of the molecule is COc1ccc(Nc2nc(C)c(C(=O)O)s2)cc1Cl. The number of aromatic nitrogens is 1. The van der Waals surface area contributed by atoms with Gasteiger partial charge >= 0.3 is 5.97 Å². The van der Waals surface area contributed by atoms with E-state index in [1.807, 2.05) is 0 Å². The highest BCUT2D eigenvalue weighted by Gasteiger charge is 2.14. The number of halogens is 1. The molecule has 1 heterocycles. The topological polar surface area (TPSA) is 71.5 Å². The molecule has 0 aliphatic rings. The Bertz CT molecular complexity index is 627. The molecule has 1 aromatic heterocycles. The van der Waals surface area contributed by atoms with Gasteiger partial charge in [-0.1, -0.05) is 22.9 Å². The molecule has 1 aromatic carbocycles. The summed E-state index contributed by atoms with van der Waals surface area (Å²) in [5, 5.41) is 13.0. The zero-order valence-electron chi connectivity index (χ0n) is 10.2. The minimum atomic E-state index is -0.976. The van der Waals surface area contributed by atoms with Crippen LogP contribution in [0.2, 0.25) is 5.02 Å². The number of hydrogen-bond acceptors (Lipinski definition) is 5. The average molecular weight is 299 g/mol. The van der Waals surface area contributed by atoms with E-state index in [2.05, 4.69) is 10.3 Å². The van der Waals surface area contributed by atoms with Crippen LogP contribution in [0.15, 0.2) is 18.2 Å². The fraction of sp³-hybridized carbons (Fsp3) is 0.167. The third-order valence-corrected chi connectivity index (χ3v) is 3.75. The Morgan fingerprint density at radius 2 is 2.26 bits per heavy atom. The van der Waals surface area contributed by atoms with Crippen molar-refractivity contribution >= 4 is 39.7 Å². The number of carbonyl (C=O) groups is 1. The molecule has 0 fully saturated rings. The molecule has 0 saturated carbocycles. The molecule has 5 nitrogen and oxygen atoms in total. The largest absolute Gasteiger partial charge is 0.495 e. The summed E-state index contributed by atoms with van der Waals surface area (Å²) in [6.07, 6.45) is 0. The number of carboxylic acid groups (broad SMARTS) is 1. The van der Waals surface area contributed by atoms with Crippen molar-refractivity contribution in [2.75, 3.05) is 12.4 Å². The van der Waals surface area contributed by atoms with Crippen LogP contribution in [0.25, 0.3) is 0 Å². The van der Waals surface area contributed by atoms with Gasteiger partial charge in [0.15, 0.2) is 5.13 Å². The van der Waals surface area contributed by atoms with Crippen LogP contribution in [0, 0.1) is 6.92 Å². The molecule has 19 heavy (non-hydrogen) atoms. The molecule has 100 valence electrons. The number of ether oxygens (including phenoxy) is 1. The molecule has 2 N–H and O–H groups in total. The lowest BCUT2D eigenvalue weighted by Crippen LogP contribution is -1.94. The van der Waals surface area contributed by atoms with Crippen molar-refractivity contribution in [3.8, 4) is 5.75 Å². The Balaban J connectivity index is 2.24. The molecule has 0 spiro atoms. The van der Waals surface area contributed by atoms with Crippen LogP contribution in [0.1, 0.15) is 15.4 Å². The maximum Gasteiger partial charge on any atom is 0.347 e. The minimum Gasteiger partial charge on any atom is -0.495 e. The number of aryl methyl sites for hydroxylation is 1. The Labute approximate surface area is 118 Å². The summed E-state index contributed by atoms with van der Waals surface area (Å²) in [6, 6.07) is 5.20. The summed E-state index contributed by atoms with van der Waals surface area (Å²) in [7, 11) is 1.54. The van der Waals surface area contributed by atoms with Gasteiger partial charge < -0.3 is 15.2 Å². The van der Waals surface area contributed by atoms with Gasteiger partial charge in [0.05, 0.1) is 17.8 Å². The first-order valence-electron chi connectivity index (χ1n) is 5.32. The van der Waals surface area contributed by atoms with Crippen molar-refractivity contribution < 1.29 is 14.6 Å². The van der Waals surface area contributed by atoms with Crippen molar-refractivity contribution in [3.05, 3.63) is 33.8 Å². The number of nitrogens with one attached hydrogen (secondary N) is 1. The van der Waals surface area contributed by atoms with E-state index in [9.17, 15) is 4.79 Å². The third kappa shape index (κ3) is 2.97. The van der Waals surface area contributed by atoms with Gasteiger partial charge in [-0.05, 0) is 25.1 Å². The number of aromatic carboxylic acids is 1. The van der Waals surface area contributed by atoms with Crippen LogP contribution in [-0.2, 0) is 0 Å². The molecule has 0 saturated heterocycles. The van der Waals surface area contributed by atoms with Crippen molar-refractivity contribution in [2.45, 2.75) is 6.92 Å². The number of benzene rings is 1. The number of hydrogen-bond donors (Lipinski definition) is 2. The molecule has 0 unspecified atom stereocenters. The van der Waals surface area contributed by atoms with Gasteiger partial charge in [-0.25, -0.2) is 9.78 Å². The molecule has 2 aromatic rings. The number of thiazole rings is 1. The minimum absolute atomic E-state index is 0.224. The molecule has 0 aliphatic heterocycles. The number of carboxylic acids is 1. The summed E-state index contributed by atoms with van der Waals surface area (Å²) in [5.41, 5.74) is 1.20. The first-order valence-corrected chi connectivity index (χ1v) is 6.52. The Morgan fingerprint density at radius 1 is 1.53 bits per heavy atom. The normalized spacial score (nSPS) is 10.3. The summed E-state index contributed by atoms with van der Waals surface area (Å²) < 4.78 is 5.05. The maximum atomic E-state index is 10.9. The Hall–Kier alpha value is -1.79. The predicted molar refractivity (Wildman–Crippen MR) is 75.1 cm³/mol. The van der Waals surface area contributed by atoms with Gasteiger partial charge in [0.25, 0.3) is 0 Å². The van der Waals surface area contributed by atoms with Crippen molar-refractivity contribution in [3.63, 3.8) is 0 Å². The first-order chi connectivity index (χ1) is 9.01. The van der Waals surface area contributed by atoms with Gasteiger partial charge in [0.1, 0.15) is 10.6 Å². The maximum absolute atomic E-state index is 10.9. The molecular formula is C12H11ClN2O3S. The standard InChI is InChI=1S/C12H11ClN2O3S/c1-6-10(11(16)17)19-12(14-6)15-7-3-4-9(18-2)8(13)5-7/h3-5H,1-2H3,(H,14,15)(H,16,17). The fourth-order valence-corrected chi connectivity index (χ4v) is 2.60. The van der Waals surface area contributed by atoms with Crippen LogP contribution in [-0.4, -0.2) is 23.2 Å². The van der Waals surface area contributed by atoms with E-state index in [1.54, 1.807) is 25.1 Å². The highest BCUT2D eigenvalue weighted by Crippen LogP contribution is 2.30. The first kappa shape index (κ1) is 13.6. The van der Waals surface area contributed by atoms with Gasteiger partial charge in [-0.2, -0.15) is 0 Å². The highest BCUT2D eigenvalue weighted by atomic mass is 35.5. The lowest BCUT2D eigenvalue weighted by atomic mass is 10.3. The van der Waals surface area contributed by atoms with Crippen molar-refractivity contribution in [1.29, 1.82) is 0 Å². The number of anilines is 2. The van der Waals surface area contributed by atoms with Crippen molar-refractivity contribution in [2.24, 2.45) is 0 Å². The van der Waals surface area contributed by atoms with E-state index < -0.39 is 5.97 Å². The van der Waals surface area contributed by atoms with Crippen LogP contribution in [0.4, 0.5) is 10.8 Å². The molecular weight excluding hydrogens is 288 g/mol. The van der Waals surface area contributed by atoms with Gasteiger partial charge in [0.2, 0.25) is 0 Å². The Morgan fingerprint density at radius 3 is 2.79 bits per heavy atom. The lowest BCUT2D eigenvalue weighted by molar-refractivity contribution is 0.0701. The third-order valence-electron chi connectivity index (χ3n) is 2.39. The van der Waals surface area contributed by atoms with E-state index in [4.69, 9.17) is 21.4 Å². The van der Waals surface area contributed by atoms with E-state index in [0.717, 1.165) is 17.0 Å². The molecule has 0 radical (unpaired) electrons. The number of nitrogens with zero attached hydrogens (tertiary/aromatic N) is 1. The van der Waals surface area contributed by atoms with Crippen LogP contribution in [0.3, 0.4) is 0 Å². The Kier molecular flexibility index (Phi) is 3.92. The van der Waals surface area contributed by atoms with Crippen LogP contribution >= 0.6 is 22.9 Å².